The molecular formula is C19H23NO4. The molecule has 2 aromatic carbocycles. The molecule has 0 atom stereocenters. The first-order valence-electron chi connectivity index (χ1n) is 7.71. The van der Waals surface area contributed by atoms with Crippen LogP contribution in [0, 0.1) is 13.8 Å². The molecule has 0 heterocycles. The average molecular weight is 329 g/mol. The molecule has 5 heteroatoms. The van der Waals surface area contributed by atoms with Gasteiger partial charge in [0.15, 0.2) is 18.1 Å². The van der Waals surface area contributed by atoms with Gasteiger partial charge in [-0.1, -0.05) is 29.8 Å². The first kappa shape index (κ1) is 17.7. The maximum atomic E-state index is 12.0. The summed E-state index contributed by atoms with van der Waals surface area (Å²) in [6.07, 6.45) is 0. The summed E-state index contributed by atoms with van der Waals surface area (Å²) < 4.78 is 16.2. The van der Waals surface area contributed by atoms with Crippen LogP contribution in [0.5, 0.6) is 17.2 Å². The lowest BCUT2D eigenvalue weighted by molar-refractivity contribution is -0.123. The Bertz CT molecular complexity index is 713. The van der Waals surface area contributed by atoms with E-state index in [9.17, 15) is 4.79 Å². The molecule has 1 N–H and O–H groups in total. The van der Waals surface area contributed by atoms with E-state index in [0.29, 0.717) is 18.0 Å². The number of benzene rings is 2. The molecular weight excluding hydrogens is 306 g/mol. The summed E-state index contributed by atoms with van der Waals surface area (Å²) >= 11 is 0. The van der Waals surface area contributed by atoms with E-state index >= 15 is 0 Å². The molecule has 1 amide bonds. The van der Waals surface area contributed by atoms with Gasteiger partial charge in [0.1, 0.15) is 5.75 Å². The zero-order valence-electron chi connectivity index (χ0n) is 14.5. The summed E-state index contributed by atoms with van der Waals surface area (Å²) in [6.45, 7) is 4.29. The lowest BCUT2D eigenvalue weighted by Crippen LogP contribution is -2.28. The Kier molecular flexibility index (Phi) is 6.07. The van der Waals surface area contributed by atoms with Gasteiger partial charge in [-0.25, -0.2) is 0 Å². The molecule has 0 spiro atoms. The minimum absolute atomic E-state index is 0.0316. The number of amides is 1. The second kappa shape index (κ2) is 8.24. The molecule has 0 fully saturated rings. The van der Waals surface area contributed by atoms with Gasteiger partial charge in [-0.05, 0) is 31.5 Å². The van der Waals surface area contributed by atoms with Crippen molar-refractivity contribution in [2.75, 3.05) is 20.8 Å². The Morgan fingerprint density at radius 3 is 2.50 bits per heavy atom. The molecule has 2 aromatic rings. The molecule has 24 heavy (non-hydrogen) atoms. The van der Waals surface area contributed by atoms with Gasteiger partial charge in [-0.3, -0.25) is 4.79 Å². The van der Waals surface area contributed by atoms with Crippen molar-refractivity contribution in [2.45, 2.75) is 20.4 Å². The van der Waals surface area contributed by atoms with Gasteiger partial charge in [0.05, 0.1) is 14.2 Å². The summed E-state index contributed by atoms with van der Waals surface area (Å²) in [7, 11) is 3.16. The molecule has 0 radical (unpaired) electrons. The van der Waals surface area contributed by atoms with E-state index < -0.39 is 0 Å². The summed E-state index contributed by atoms with van der Waals surface area (Å²) in [4.78, 5) is 12.0. The fraction of sp³-hybridized carbons (Fsp3) is 0.316. The molecule has 0 unspecified atom stereocenters. The number of ether oxygens (including phenoxy) is 3. The summed E-state index contributed by atoms with van der Waals surface area (Å²) in [5, 5.41) is 2.83. The predicted octanol–water partition coefficient (Wildman–Crippen LogP) is 3.02. The number of aryl methyl sites for hydroxylation is 2. The second-order valence-corrected chi connectivity index (χ2v) is 5.49. The van der Waals surface area contributed by atoms with Crippen LogP contribution in [0.4, 0.5) is 0 Å². The van der Waals surface area contributed by atoms with Crippen LogP contribution < -0.4 is 19.5 Å². The summed E-state index contributed by atoms with van der Waals surface area (Å²) in [6, 6.07) is 11.4. The number of methoxy groups -OCH3 is 2. The molecule has 5 nitrogen and oxygen atoms in total. The first-order chi connectivity index (χ1) is 11.5. The third kappa shape index (κ3) is 4.41. The maximum absolute atomic E-state index is 12.0. The van der Waals surface area contributed by atoms with Gasteiger partial charge < -0.3 is 19.5 Å². The molecule has 0 bridgehead atoms. The third-order valence-corrected chi connectivity index (χ3v) is 3.65. The van der Waals surface area contributed by atoms with Crippen LogP contribution in [-0.2, 0) is 11.3 Å². The van der Waals surface area contributed by atoms with Gasteiger partial charge in [-0.15, -0.1) is 0 Å². The molecule has 0 aromatic heterocycles. The van der Waals surface area contributed by atoms with Crippen LogP contribution in [0.3, 0.4) is 0 Å². The molecule has 0 aliphatic carbocycles. The first-order valence-corrected chi connectivity index (χ1v) is 7.71. The quantitative estimate of drug-likeness (QED) is 0.848. The van der Waals surface area contributed by atoms with Crippen molar-refractivity contribution < 1.29 is 19.0 Å². The Hall–Kier alpha value is -2.69. The number of carbonyl (C=O) groups excluding carboxylic acids is 1. The van der Waals surface area contributed by atoms with E-state index in [2.05, 4.69) is 5.32 Å². The Labute approximate surface area is 142 Å². The molecule has 0 saturated heterocycles. The number of hydrogen-bond donors (Lipinski definition) is 1. The minimum atomic E-state index is -0.195. The maximum Gasteiger partial charge on any atom is 0.258 e. The summed E-state index contributed by atoms with van der Waals surface area (Å²) in [5.74, 6) is 1.78. The number of carbonyl (C=O) groups is 1. The SMILES string of the molecule is COc1cccc(CNC(=O)COc2ccc(C)cc2C)c1OC. The minimum Gasteiger partial charge on any atom is -0.493 e. The number of nitrogens with one attached hydrogen (secondary N) is 1. The monoisotopic (exact) mass is 329 g/mol. The lowest BCUT2D eigenvalue weighted by atomic mass is 10.1. The van der Waals surface area contributed by atoms with E-state index in [1.165, 1.54) is 0 Å². The highest BCUT2D eigenvalue weighted by atomic mass is 16.5. The van der Waals surface area contributed by atoms with Crippen LogP contribution in [0.25, 0.3) is 0 Å². The second-order valence-electron chi connectivity index (χ2n) is 5.49. The van der Waals surface area contributed by atoms with E-state index in [0.717, 1.165) is 22.4 Å². The third-order valence-electron chi connectivity index (χ3n) is 3.65. The Morgan fingerprint density at radius 1 is 1.04 bits per heavy atom. The molecule has 0 saturated carbocycles. The number of hydrogen-bond acceptors (Lipinski definition) is 4. The van der Waals surface area contributed by atoms with E-state index in [1.807, 2.05) is 50.2 Å². The highest BCUT2D eigenvalue weighted by Crippen LogP contribution is 2.30. The Morgan fingerprint density at radius 2 is 1.83 bits per heavy atom. The van der Waals surface area contributed by atoms with Crippen molar-refractivity contribution in [2.24, 2.45) is 0 Å². The van der Waals surface area contributed by atoms with Crippen molar-refractivity contribution in [3.05, 3.63) is 53.1 Å². The zero-order valence-corrected chi connectivity index (χ0v) is 14.5. The van der Waals surface area contributed by atoms with Crippen LogP contribution in [0.1, 0.15) is 16.7 Å². The highest BCUT2D eigenvalue weighted by Gasteiger charge is 2.11. The van der Waals surface area contributed by atoms with Crippen LogP contribution in [0.2, 0.25) is 0 Å². The van der Waals surface area contributed by atoms with Crippen molar-refractivity contribution >= 4 is 5.91 Å². The lowest BCUT2D eigenvalue weighted by Gasteiger charge is -2.13. The smallest absolute Gasteiger partial charge is 0.258 e. The largest absolute Gasteiger partial charge is 0.493 e. The van der Waals surface area contributed by atoms with Crippen molar-refractivity contribution in [3.8, 4) is 17.2 Å². The van der Waals surface area contributed by atoms with E-state index in [4.69, 9.17) is 14.2 Å². The molecule has 2 rings (SSSR count). The fourth-order valence-electron chi connectivity index (χ4n) is 2.44. The van der Waals surface area contributed by atoms with Crippen molar-refractivity contribution in [1.82, 2.24) is 5.32 Å². The van der Waals surface area contributed by atoms with Gasteiger partial charge >= 0.3 is 0 Å². The number of rotatable bonds is 7. The van der Waals surface area contributed by atoms with Crippen LogP contribution >= 0.6 is 0 Å². The Balaban J connectivity index is 1.92. The van der Waals surface area contributed by atoms with Crippen molar-refractivity contribution in [3.63, 3.8) is 0 Å². The fourth-order valence-corrected chi connectivity index (χ4v) is 2.44. The van der Waals surface area contributed by atoms with E-state index in [1.54, 1.807) is 14.2 Å². The highest BCUT2D eigenvalue weighted by molar-refractivity contribution is 5.77. The predicted molar refractivity (Wildman–Crippen MR) is 92.8 cm³/mol. The molecule has 0 aliphatic rings. The normalized spacial score (nSPS) is 10.2. The summed E-state index contributed by atoms with van der Waals surface area (Å²) in [5.41, 5.74) is 3.02. The van der Waals surface area contributed by atoms with Gasteiger partial charge in [0.2, 0.25) is 0 Å². The van der Waals surface area contributed by atoms with E-state index in [-0.39, 0.29) is 12.5 Å². The van der Waals surface area contributed by atoms with Crippen molar-refractivity contribution in [1.29, 1.82) is 0 Å². The van der Waals surface area contributed by atoms with Gasteiger partial charge in [0.25, 0.3) is 5.91 Å². The molecule has 0 aliphatic heterocycles. The average Bonchev–Trinajstić information content (AvgIpc) is 2.58. The van der Waals surface area contributed by atoms with Crippen LogP contribution in [0.15, 0.2) is 36.4 Å². The zero-order chi connectivity index (χ0) is 17.5. The number of para-hydroxylation sites is 1. The van der Waals surface area contributed by atoms with Gasteiger partial charge in [-0.2, -0.15) is 0 Å². The van der Waals surface area contributed by atoms with Crippen LogP contribution in [-0.4, -0.2) is 26.7 Å². The van der Waals surface area contributed by atoms with Gasteiger partial charge in [0, 0.05) is 12.1 Å². The topological polar surface area (TPSA) is 56.8 Å². The standard InChI is InChI=1S/C19H23NO4/c1-13-8-9-16(14(2)10-13)24-12-18(21)20-11-15-6-5-7-17(22-3)19(15)23-4/h5-10H,11-12H2,1-4H3,(H,20,21). The molecule has 128 valence electrons.